The van der Waals surface area contributed by atoms with Crippen LogP contribution in [0.1, 0.15) is 33.3 Å². The first-order valence-corrected chi connectivity index (χ1v) is 12.9. The molecule has 0 unspecified atom stereocenters. The minimum absolute atomic E-state index is 0.138. The smallest absolute Gasteiger partial charge is 0.437 e. The predicted octanol–water partition coefficient (Wildman–Crippen LogP) is 5.53. The van der Waals surface area contributed by atoms with Gasteiger partial charge in [0.15, 0.2) is 14.6 Å². The van der Waals surface area contributed by atoms with Gasteiger partial charge in [-0.05, 0) is 32.1 Å². The molecule has 1 amide bonds. The third kappa shape index (κ3) is 4.78. The van der Waals surface area contributed by atoms with Gasteiger partial charge in [-0.1, -0.05) is 51.1 Å². The molecule has 1 fully saturated rings. The number of halogens is 3. The van der Waals surface area contributed by atoms with E-state index >= 15 is 0 Å². The van der Waals surface area contributed by atoms with Crippen molar-refractivity contribution in [3.63, 3.8) is 0 Å². The molecule has 1 aromatic carbocycles. The quantitative estimate of drug-likeness (QED) is 0.586. The lowest BCUT2D eigenvalue weighted by atomic mass is 9.81. The van der Waals surface area contributed by atoms with Crippen LogP contribution in [0.2, 0.25) is 19.6 Å². The van der Waals surface area contributed by atoms with Crippen molar-refractivity contribution in [3.05, 3.63) is 35.9 Å². The van der Waals surface area contributed by atoms with Crippen LogP contribution in [-0.2, 0) is 20.5 Å². The second-order valence-electron chi connectivity index (χ2n) is 9.26. The molecule has 1 aliphatic heterocycles. The topological polar surface area (TPSA) is 48.0 Å². The highest BCUT2D eigenvalue weighted by Crippen LogP contribution is 2.54. The highest BCUT2D eigenvalue weighted by molar-refractivity contribution is 6.69. The van der Waals surface area contributed by atoms with Crippen molar-refractivity contribution < 1.29 is 31.9 Å². The molecule has 3 atom stereocenters. The summed E-state index contributed by atoms with van der Waals surface area (Å²) in [5.41, 5.74) is -3.68. The first-order chi connectivity index (χ1) is 13.1. The normalized spacial score (nSPS) is 25.9. The monoisotopic (exact) mass is 433 g/mol. The molecule has 164 valence electrons. The van der Waals surface area contributed by atoms with Gasteiger partial charge in [0, 0.05) is 5.41 Å². The average molecular weight is 434 g/mol. The summed E-state index contributed by atoms with van der Waals surface area (Å²) in [6.07, 6.45) is -7.15. The van der Waals surface area contributed by atoms with Crippen molar-refractivity contribution in [1.29, 1.82) is 0 Å². The van der Waals surface area contributed by atoms with E-state index < -0.39 is 44.1 Å². The fourth-order valence-corrected chi connectivity index (χ4v) is 4.40. The van der Waals surface area contributed by atoms with Gasteiger partial charge in [-0.25, -0.2) is 4.79 Å². The van der Waals surface area contributed by atoms with E-state index in [0.717, 1.165) is 0 Å². The van der Waals surface area contributed by atoms with Gasteiger partial charge in [-0.3, -0.25) is 4.90 Å². The second-order valence-corrected chi connectivity index (χ2v) is 13.7. The van der Waals surface area contributed by atoms with Crippen molar-refractivity contribution in [2.45, 2.75) is 78.2 Å². The third-order valence-corrected chi connectivity index (χ3v) is 5.64. The second kappa shape index (κ2) is 7.92. The van der Waals surface area contributed by atoms with Crippen LogP contribution in [0.25, 0.3) is 0 Å². The largest absolute Gasteiger partial charge is 0.444 e. The number of hydrogen-bond donors (Lipinski definition) is 0. The minimum atomic E-state index is -4.86. The molecule has 0 bridgehead atoms. The molecule has 1 saturated heterocycles. The lowest BCUT2D eigenvalue weighted by molar-refractivity contribution is -0.349. The molecule has 0 N–H and O–H groups in total. The van der Waals surface area contributed by atoms with Crippen molar-refractivity contribution in [1.82, 2.24) is 4.90 Å². The Morgan fingerprint density at radius 1 is 1.17 bits per heavy atom. The molecule has 0 radical (unpaired) electrons. The molecule has 0 aliphatic carbocycles. The van der Waals surface area contributed by atoms with E-state index in [9.17, 15) is 18.0 Å². The fraction of sp³-hybridized carbons (Fsp3) is 0.650. The summed E-state index contributed by atoms with van der Waals surface area (Å²) in [7, 11) is -2.25. The van der Waals surface area contributed by atoms with Crippen molar-refractivity contribution in [3.8, 4) is 0 Å². The number of benzene rings is 1. The Morgan fingerprint density at radius 2 is 1.72 bits per heavy atom. The Bertz CT molecular complexity index is 699. The maximum Gasteiger partial charge on any atom is 0.437 e. The minimum Gasteiger partial charge on any atom is -0.444 e. The summed E-state index contributed by atoms with van der Waals surface area (Å²) >= 11 is 0. The summed E-state index contributed by atoms with van der Waals surface area (Å²) < 4.78 is 60.0. The predicted molar refractivity (Wildman–Crippen MR) is 105 cm³/mol. The van der Waals surface area contributed by atoms with Gasteiger partial charge in [0.05, 0.1) is 6.04 Å². The maximum atomic E-state index is 14.4. The highest BCUT2D eigenvalue weighted by Gasteiger charge is 2.74. The van der Waals surface area contributed by atoms with Gasteiger partial charge >= 0.3 is 12.3 Å². The van der Waals surface area contributed by atoms with Crippen LogP contribution in [-0.4, -0.2) is 43.5 Å². The average Bonchev–Trinajstić information content (AvgIpc) is 2.85. The summed E-state index contributed by atoms with van der Waals surface area (Å²) in [5, 5.41) is 0. The number of amides is 1. The zero-order valence-corrected chi connectivity index (χ0v) is 19.0. The van der Waals surface area contributed by atoms with E-state index in [1.165, 1.54) is 27.7 Å². The molecule has 0 saturated carbocycles. The van der Waals surface area contributed by atoms with Gasteiger partial charge in [-0.2, -0.15) is 13.2 Å². The van der Waals surface area contributed by atoms with Gasteiger partial charge in [0.25, 0.3) is 5.72 Å². The Morgan fingerprint density at radius 3 is 2.17 bits per heavy atom. The SMILES string of the molecule is C[C@H]1[C@H](O[Si](C)(C)C)O[C@@](C(C)(C)C)(C(F)(F)F)N1C(=O)OCc1ccccc1. The van der Waals surface area contributed by atoms with Crippen LogP contribution < -0.4 is 0 Å². The number of hydrogen-bond acceptors (Lipinski definition) is 4. The van der Waals surface area contributed by atoms with Gasteiger partial charge < -0.3 is 13.9 Å². The molecule has 9 heteroatoms. The van der Waals surface area contributed by atoms with E-state index in [-0.39, 0.29) is 6.61 Å². The number of rotatable bonds is 4. The molecule has 29 heavy (non-hydrogen) atoms. The maximum absolute atomic E-state index is 14.4. The van der Waals surface area contributed by atoms with E-state index in [4.69, 9.17) is 13.9 Å². The van der Waals surface area contributed by atoms with Crippen LogP contribution in [0.4, 0.5) is 18.0 Å². The zero-order valence-electron chi connectivity index (χ0n) is 18.0. The van der Waals surface area contributed by atoms with Gasteiger partial charge in [0.2, 0.25) is 0 Å². The fourth-order valence-electron chi connectivity index (χ4n) is 3.45. The van der Waals surface area contributed by atoms with E-state index in [0.29, 0.717) is 10.5 Å². The summed E-state index contributed by atoms with van der Waals surface area (Å²) in [6.45, 7) is 11.1. The Balaban J connectivity index is 2.43. The van der Waals surface area contributed by atoms with Crippen molar-refractivity contribution >= 4 is 14.4 Å². The van der Waals surface area contributed by atoms with Crippen LogP contribution in [0.3, 0.4) is 0 Å². The van der Waals surface area contributed by atoms with Gasteiger partial charge in [0.1, 0.15) is 6.61 Å². The number of alkyl halides is 3. The van der Waals surface area contributed by atoms with E-state index in [1.807, 2.05) is 19.6 Å². The lowest BCUT2D eigenvalue weighted by Crippen LogP contribution is -2.66. The van der Waals surface area contributed by atoms with Crippen LogP contribution in [0.15, 0.2) is 30.3 Å². The Hall–Kier alpha value is -1.58. The van der Waals surface area contributed by atoms with Crippen molar-refractivity contribution in [2.24, 2.45) is 5.41 Å². The molecule has 0 aromatic heterocycles. The summed E-state index contributed by atoms with van der Waals surface area (Å²) in [5.74, 6) is 0. The molecule has 1 aliphatic rings. The van der Waals surface area contributed by atoms with E-state index in [1.54, 1.807) is 30.3 Å². The van der Waals surface area contributed by atoms with Crippen molar-refractivity contribution in [2.75, 3.05) is 0 Å². The zero-order chi connectivity index (χ0) is 22.3. The number of carbonyl (C=O) groups is 1. The lowest BCUT2D eigenvalue weighted by Gasteiger charge is -2.46. The number of nitrogens with zero attached hydrogens (tertiary/aromatic N) is 1. The number of ether oxygens (including phenoxy) is 2. The van der Waals surface area contributed by atoms with Gasteiger partial charge in [-0.15, -0.1) is 0 Å². The standard InChI is InChI=1S/C20H30F3NO4Si/c1-14-16(28-29(5,6)7)27-19(18(2,3)4,20(21,22)23)24(14)17(25)26-13-15-11-9-8-10-12-15/h8-12,14,16H,13H2,1-7H3/t14-,16-,19-/m0/s1. The molecular weight excluding hydrogens is 403 g/mol. The summed E-state index contributed by atoms with van der Waals surface area (Å²) in [4.78, 5) is 13.6. The summed E-state index contributed by atoms with van der Waals surface area (Å²) in [6, 6.07) is 7.80. The third-order valence-electron chi connectivity index (χ3n) is 4.70. The number of carbonyl (C=O) groups excluding carboxylic acids is 1. The first kappa shape index (κ1) is 23.7. The molecule has 5 nitrogen and oxygen atoms in total. The highest BCUT2D eigenvalue weighted by atomic mass is 28.4. The molecule has 1 aromatic rings. The molecule has 2 rings (SSSR count). The van der Waals surface area contributed by atoms with Crippen LogP contribution in [0.5, 0.6) is 0 Å². The first-order valence-electron chi connectivity index (χ1n) is 9.52. The van der Waals surface area contributed by atoms with E-state index in [2.05, 4.69) is 0 Å². The molecule has 0 spiro atoms. The van der Waals surface area contributed by atoms with Crippen LogP contribution >= 0.6 is 0 Å². The van der Waals surface area contributed by atoms with Crippen LogP contribution in [0, 0.1) is 5.41 Å². The molecule has 1 heterocycles. The Kier molecular flexibility index (Phi) is 6.47. The Labute approximate surface area is 171 Å². The molecular formula is C20H30F3NO4Si.